The number of anilines is 1. The van der Waals surface area contributed by atoms with Gasteiger partial charge in [-0.05, 0) is 42.5 Å². The minimum Gasteiger partial charge on any atom is -0.330 e. The molecule has 0 unspecified atom stereocenters. The summed E-state index contributed by atoms with van der Waals surface area (Å²) in [6, 6.07) is 10.3. The molecule has 0 aliphatic carbocycles. The molecule has 6 nitrogen and oxygen atoms in total. The summed E-state index contributed by atoms with van der Waals surface area (Å²) in [6.07, 6.45) is -2.34. The SMILES string of the molecule is Cn1cc2c3cc(NC(=O)CCN)ccc3n(-c3ccc(C(F)(F)F)cc3)c2n1. The Balaban J connectivity index is 1.86. The molecule has 0 saturated carbocycles. The molecule has 1 amide bonds. The topological polar surface area (TPSA) is 77.9 Å². The lowest BCUT2D eigenvalue weighted by molar-refractivity contribution is -0.137. The van der Waals surface area contributed by atoms with E-state index in [0.29, 0.717) is 17.0 Å². The van der Waals surface area contributed by atoms with Gasteiger partial charge in [0.05, 0.1) is 11.1 Å². The van der Waals surface area contributed by atoms with E-state index < -0.39 is 11.7 Å². The summed E-state index contributed by atoms with van der Waals surface area (Å²) in [5.74, 6) is -0.184. The summed E-state index contributed by atoms with van der Waals surface area (Å²) < 4.78 is 42.2. The van der Waals surface area contributed by atoms with E-state index in [-0.39, 0.29) is 18.9 Å². The minimum absolute atomic E-state index is 0.184. The van der Waals surface area contributed by atoms with Crippen LogP contribution in [0, 0.1) is 0 Å². The predicted molar refractivity (Wildman–Crippen MR) is 105 cm³/mol. The van der Waals surface area contributed by atoms with E-state index in [1.807, 2.05) is 18.3 Å². The molecular formula is C20H18F3N5O. The fraction of sp³-hybridized carbons (Fsp3) is 0.200. The Hall–Kier alpha value is -3.33. The van der Waals surface area contributed by atoms with Gasteiger partial charge < -0.3 is 11.1 Å². The molecule has 9 heteroatoms. The van der Waals surface area contributed by atoms with Crippen LogP contribution in [0.2, 0.25) is 0 Å². The number of aryl methyl sites for hydroxylation is 1. The third kappa shape index (κ3) is 3.44. The van der Waals surface area contributed by atoms with Crippen molar-refractivity contribution in [2.45, 2.75) is 12.6 Å². The number of benzene rings is 2. The molecule has 2 aromatic heterocycles. The number of aromatic nitrogens is 3. The molecule has 0 bridgehead atoms. The Morgan fingerprint density at radius 1 is 1.14 bits per heavy atom. The summed E-state index contributed by atoms with van der Waals surface area (Å²) in [5, 5.41) is 8.93. The largest absolute Gasteiger partial charge is 0.416 e. The van der Waals surface area contributed by atoms with Gasteiger partial charge in [-0.2, -0.15) is 18.3 Å². The van der Waals surface area contributed by atoms with Crippen molar-refractivity contribution in [2.24, 2.45) is 12.8 Å². The van der Waals surface area contributed by atoms with Crippen molar-refractivity contribution in [3.8, 4) is 5.69 Å². The molecule has 0 aliphatic heterocycles. The molecule has 3 N–H and O–H groups in total. The van der Waals surface area contributed by atoms with E-state index in [1.54, 1.807) is 22.4 Å². The van der Waals surface area contributed by atoms with Crippen LogP contribution in [0.5, 0.6) is 0 Å². The Morgan fingerprint density at radius 2 is 1.86 bits per heavy atom. The molecular weight excluding hydrogens is 383 g/mol. The monoisotopic (exact) mass is 401 g/mol. The first-order chi connectivity index (χ1) is 13.8. The van der Waals surface area contributed by atoms with Crippen LogP contribution in [-0.2, 0) is 18.0 Å². The van der Waals surface area contributed by atoms with E-state index in [2.05, 4.69) is 10.4 Å². The summed E-state index contributed by atoms with van der Waals surface area (Å²) >= 11 is 0. The average molecular weight is 401 g/mol. The third-order valence-corrected chi connectivity index (χ3v) is 4.66. The number of amides is 1. The number of hydrogen-bond donors (Lipinski definition) is 2. The van der Waals surface area contributed by atoms with Crippen molar-refractivity contribution in [3.63, 3.8) is 0 Å². The van der Waals surface area contributed by atoms with Gasteiger partial charge >= 0.3 is 6.18 Å². The van der Waals surface area contributed by atoms with E-state index in [9.17, 15) is 18.0 Å². The molecule has 0 spiro atoms. The first kappa shape index (κ1) is 19.0. The van der Waals surface area contributed by atoms with E-state index >= 15 is 0 Å². The van der Waals surface area contributed by atoms with Gasteiger partial charge in [0, 0.05) is 48.4 Å². The summed E-state index contributed by atoms with van der Waals surface area (Å²) in [6.45, 7) is 0.255. The highest BCUT2D eigenvalue weighted by atomic mass is 19.4. The van der Waals surface area contributed by atoms with Crippen LogP contribution < -0.4 is 11.1 Å². The van der Waals surface area contributed by atoms with Crippen molar-refractivity contribution in [1.82, 2.24) is 14.3 Å². The van der Waals surface area contributed by atoms with Crippen molar-refractivity contribution < 1.29 is 18.0 Å². The highest BCUT2D eigenvalue weighted by Crippen LogP contribution is 2.34. The van der Waals surface area contributed by atoms with Gasteiger partial charge in [0.1, 0.15) is 0 Å². The molecule has 0 fully saturated rings. The normalized spacial score (nSPS) is 12.0. The maximum absolute atomic E-state index is 12.9. The van der Waals surface area contributed by atoms with Gasteiger partial charge in [-0.3, -0.25) is 14.0 Å². The van der Waals surface area contributed by atoms with Crippen molar-refractivity contribution in [1.29, 1.82) is 0 Å². The van der Waals surface area contributed by atoms with E-state index in [4.69, 9.17) is 5.73 Å². The number of nitrogens with two attached hydrogens (primary N) is 1. The maximum Gasteiger partial charge on any atom is 0.416 e. The number of fused-ring (bicyclic) bond motifs is 3. The van der Waals surface area contributed by atoms with Crippen LogP contribution >= 0.6 is 0 Å². The molecule has 4 aromatic rings. The minimum atomic E-state index is -4.39. The van der Waals surface area contributed by atoms with Gasteiger partial charge in [-0.1, -0.05) is 0 Å². The molecule has 4 rings (SSSR count). The summed E-state index contributed by atoms with van der Waals surface area (Å²) in [5.41, 5.74) is 7.28. The van der Waals surface area contributed by atoms with Crippen LogP contribution in [0.1, 0.15) is 12.0 Å². The number of carbonyl (C=O) groups excluding carboxylic acids is 1. The average Bonchev–Trinajstić information content (AvgIpc) is 3.16. The van der Waals surface area contributed by atoms with Crippen molar-refractivity contribution in [2.75, 3.05) is 11.9 Å². The first-order valence-corrected chi connectivity index (χ1v) is 8.93. The molecule has 29 heavy (non-hydrogen) atoms. The second-order valence-electron chi connectivity index (χ2n) is 6.74. The zero-order valence-corrected chi connectivity index (χ0v) is 15.5. The van der Waals surface area contributed by atoms with Crippen LogP contribution in [0.3, 0.4) is 0 Å². The Kier molecular flexibility index (Phi) is 4.54. The van der Waals surface area contributed by atoms with Crippen LogP contribution in [0.25, 0.3) is 27.6 Å². The summed E-state index contributed by atoms with van der Waals surface area (Å²) in [4.78, 5) is 11.9. The highest BCUT2D eigenvalue weighted by molar-refractivity contribution is 6.09. The molecule has 2 aromatic carbocycles. The van der Waals surface area contributed by atoms with Gasteiger partial charge in [-0.25, -0.2) is 0 Å². The standard InChI is InChI=1S/C20H18F3N5O/c1-27-11-16-15-10-13(25-18(29)8-9-24)4-7-17(15)28(19(16)26-27)14-5-2-12(3-6-14)20(21,22)23/h2-7,10-11H,8-9,24H2,1H3,(H,25,29). The first-order valence-electron chi connectivity index (χ1n) is 8.93. The Labute approximate surface area is 163 Å². The predicted octanol–water partition coefficient (Wildman–Crippen LogP) is 3.82. The number of hydrogen-bond acceptors (Lipinski definition) is 3. The van der Waals surface area contributed by atoms with Gasteiger partial charge in [0.25, 0.3) is 0 Å². The number of rotatable bonds is 4. The number of nitrogens with one attached hydrogen (secondary N) is 1. The van der Waals surface area contributed by atoms with E-state index in [0.717, 1.165) is 28.4 Å². The fourth-order valence-corrected chi connectivity index (χ4v) is 3.39. The Morgan fingerprint density at radius 3 is 2.52 bits per heavy atom. The number of alkyl halides is 3. The smallest absolute Gasteiger partial charge is 0.330 e. The lowest BCUT2D eigenvalue weighted by atomic mass is 10.2. The highest BCUT2D eigenvalue weighted by Gasteiger charge is 2.30. The van der Waals surface area contributed by atoms with Crippen LogP contribution in [0.15, 0.2) is 48.7 Å². The van der Waals surface area contributed by atoms with Gasteiger partial charge in [-0.15, -0.1) is 0 Å². The third-order valence-electron chi connectivity index (χ3n) is 4.66. The molecule has 0 radical (unpaired) electrons. The molecule has 0 atom stereocenters. The second kappa shape index (κ2) is 6.93. The zero-order chi connectivity index (χ0) is 20.8. The fourth-order valence-electron chi connectivity index (χ4n) is 3.39. The molecule has 0 saturated heterocycles. The van der Waals surface area contributed by atoms with Crippen molar-refractivity contribution >= 4 is 33.5 Å². The number of carbonyl (C=O) groups is 1. The number of halogens is 3. The second-order valence-corrected chi connectivity index (χ2v) is 6.74. The van der Waals surface area contributed by atoms with Gasteiger partial charge in [0.15, 0.2) is 5.65 Å². The molecule has 150 valence electrons. The van der Waals surface area contributed by atoms with Crippen LogP contribution in [-0.4, -0.2) is 26.8 Å². The number of nitrogens with zero attached hydrogens (tertiary/aromatic N) is 3. The molecule has 0 aliphatic rings. The maximum atomic E-state index is 12.9. The quantitative estimate of drug-likeness (QED) is 0.546. The van der Waals surface area contributed by atoms with Crippen molar-refractivity contribution in [3.05, 3.63) is 54.2 Å². The molecule has 2 heterocycles. The lowest BCUT2D eigenvalue weighted by Crippen LogP contribution is -2.16. The zero-order valence-electron chi connectivity index (χ0n) is 15.5. The van der Waals surface area contributed by atoms with Crippen LogP contribution in [0.4, 0.5) is 18.9 Å². The Bertz CT molecular complexity index is 1210. The lowest BCUT2D eigenvalue weighted by Gasteiger charge is -2.10. The van der Waals surface area contributed by atoms with Gasteiger partial charge in [0.2, 0.25) is 5.91 Å². The summed E-state index contributed by atoms with van der Waals surface area (Å²) in [7, 11) is 1.77. The van der Waals surface area contributed by atoms with E-state index in [1.165, 1.54) is 12.1 Å².